The van der Waals surface area contributed by atoms with Crippen molar-refractivity contribution < 1.29 is 8.78 Å². The zero-order valence-corrected chi connectivity index (χ0v) is 10.7. The van der Waals surface area contributed by atoms with Crippen LogP contribution in [-0.2, 0) is 13.0 Å². The number of benzene rings is 1. The fourth-order valence-electron chi connectivity index (χ4n) is 1.57. The zero-order chi connectivity index (χ0) is 12.3. The van der Waals surface area contributed by atoms with Crippen LogP contribution in [0.4, 0.5) is 14.5 Å². The Morgan fingerprint density at radius 1 is 1.33 bits per heavy atom. The van der Waals surface area contributed by atoms with Gasteiger partial charge >= 0.3 is 0 Å². The van der Waals surface area contributed by atoms with Crippen molar-refractivity contribution in [3.05, 3.63) is 47.8 Å². The van der Waals surface area contributed by atoms with Crippen LogP contribution in [0.2, 0.25) is 0 Å². The van der Waals surface area contributed by atoms with Gasteiger partial charge in [-0.05, 0) is 18.1 Å². The number of halogens is 3. The third-order valence-corrected chi connectivity index (χ3v) is 2.55. The average molecular weight is 274 g/mol. The summed E-state index contributed by atoms with van der Waals surface area (Å²) in [5.41, 5.74) is 1.40. The first-order valence-corrected chi connectivity index (χ1v) is 5.33. The van der Waals surface area contributed by atoms with Crippen molar-refractivity contribution in [2.24, 2.45) is 0 Å². The van der Waals surface area contributed by atoms with Gasteiger partial charge in [0, 0.05) is 25.9 Å². The summed E-state index contributed by atoms with van der Waals surface area (Å²) in [6, 6.07) is 3.63. The molecule has 18 heavy (non-hydrogen) atoms. The van der Waals surface area contributed by atoms with Crippen molar-refractivity contribution in [3.63, 3.8) is 0 Å². The van der Waals surface area contributed by atoms with Crippen molar-refractivity contribution in [3.8, 4) is 0 Å². The molecule has 1 aromatic carbocycles. The number of hydrogen-bond donors (Lipinski definition) is 1. The van der Waals surface area contributed by atoms with Gasteiger partial charge in [-0.3, -0.25) is 4.68 Å². The molecule has 1 heterocycles. The molecule has 0 atom stereocenters. The van der Waals surface area contributed by atoms with E-state index in [0.29, 0.717) is 18.5 Å². The van der Waals surface area contributed by atoms with E-state index in [2.05, 4.69) is 10.4 Å². The maximum Gasteiger partial charge on any atom is 0.129 e. The Morgan fingerprint density at radius 2 is 2.11 bits per heavy atom. The standard InChI is InChI=1S/C12H13F2N3.ClH/c1-15-11-7-16-17(8-11)5-4-9-2-3-10(13)6-12(9)14;/h2-3,6-8,15H,4-5H2,1H3;1H. The first kappa shape index (κ1) is 14.4. The van der Waals surface area contributed by atoms with E-state index in [1.54, 1.807) is 17.9 Å². The van der Waals surface area contributed by atoms with E-state index in [1.165, 1.54) is 12.1 Å². The molecule has 1 N–H and O–H groups in total. The van der Waals surface area contributed by atoms with Crippen molar-refractivity contribution in [2.45, 2.75) is 13.0 Å². The molecule has 0 amide bonds. The van der Waals surface area contributed by atoms with E-state index in [0.717, 1.165) is 11.8 Å². The smallest absolute Gasteiger partial charge is 0.129 e. The van der Waals surface area contributed by atoms with Gasteiger partial charge in [-0.25, -0.2) is 8.78 Å². The molecule has 0 aliphatic rings. The number of nitrogens with zero attached hydrogens (tertiary/aromatic N) is 2. The SMILES string of the molecule is CNc1cnn(CCc2ccc(F)cc2F)c1.Cl. The first-order chi connectivity index (χ1) is 8.19. The Labute approximate surface area is 110 Å². The summed E-state index contributed by atoms with van der Waals surface area (Å²) in [6.07, 6.45) is 4.01. The van der Waals surface area contributed by atoms with Gasteiger partial charge in [0.05, 0.1) is 11.9 Å². The molecular weight excluding hydrogens is 260 g/mol. The van der Waals surface area contributed by atoms with E-state index in [1.807, 2.05) is 6.20 Å². The van der Waals surface area contributed by atoms with Gasteiger partial charge in [-0.1, -0.05) is 6.07 Å². The van der Waals surface area contributed by atoms with Crippen LogP contribution in [0.15, 0.2) is 30.6 Å². The van der Waals surface area contributed by atoms with Crippen LogP contribution in [0.1, 0.15) is 5.56 Å². The highest BCUT2D eigenvalue weighted by Gasteiger charge is 2.04. The normalized spacial score (nSPS) is 9.94. The zero-order valence-electron chi connectivity index (χ0n) is 9.86. The minimum Gasteiger partial charge on any atom is -0.386 e. The molecule has 0 fully saturated rings. The predicted molar refractivity (Wildman–Crippen MR) is 69.1 cm³/mol. The molecule has 6 heteroatoms. The molecule has 0 aliphatic carbocycles. The lowest BCUT2D eigenvalue weighted by molar-refractivity contribution is 0.553. The number of aromatic nitrogens is 2. The van der Waals surface area contributed by atoms with Gasteiger partial charge in [0.2, 0.25) is 0 Å². The van der Waals surface area contributed by atoms with Crippen LogP contribution in [0.5, 0.6) is 0 Å². The fraction of sp³-hybridized carbons (Fsp3) is 0.250. The van der Waals surface area contributed by atoms with Crippen LogP contribution >= 0.6 is 12.4 Å². The number of anilines is 1. The third kappa shape index (κ3) is 3.43. The Morgan fingerprint density at radius 3 is 2.72 bits per heavy atom. The van der Waals surface area contributed by atoms with E-state index in [-0.39, 0.29) is 12.4 Å². The highest BCUT2D eigenvalue weighted by molar-refractivity contribution is 5.85. The van der Waals surface area contributed by atoms with Crippen molar-refractivity contribution >= 4 is 18.1 Å². The first-order valence-electron chi connectivity index (χ1n) is 5.33. The van der Waals surface area contributed by atoms with E-state index >= 15 is 0 Å². The van der Waals surface area contributed by atoms with Gasteiger partial charge < -0.3 is 5.32 Å². The Kier molecular flexibility index (Phi) is 5.09. The molecule has 0 saturated carbocycles. The minimum absolute atomic E-state index is 0. The van der Waals surface area contributed by atoms with Crippen molar-refractivity contribution in [1.82, 2.24) is 9.78 Å². The predicted octanol–water partition coefficient (Wildman–Crippen LogP) is 2.87. The summed E-state index contributed by atoms with van der Waals surface area (Å²) in [5.74, 6) is -1.06. The number of rotatable bonds is 4. The maximum absolute atomic E-state index is 13.3. The molecule has 0 unspecified atom stereocenters. The quantitative estimate of drug-likeness (QED) is 0.928. The van der Waals surface area contributed by atoms with Crippen molar-refractivity contribution in [2.75, 3.05) is 12.4 Å². The second kappa shape index (κ2) is 6.35. The summed E-state index contributed by atoms with van der Waals surface area (Å²) < 4.78 is 27.8. The average Bonchev–Trinajstić information content (AvgIpc) is 2.76. The van der Waals surface area contributed by atoms with Crippen molar-refractivity contribution in [1.29, 1.82) is 0 Å². The van der Waals surface area contributed by atoms with Gasteiger partial charge in [-0.15, -0.1) is 12.4 Å². The Balaban J connectivity index is 0.00000162. The Hall–Kier alpha value is -1.62. The second-order valence-corrected chi connectivity index (χ2v) is 3.73. The molecule has 0 saturated heterocycles. The molecule has 0 radical (unpaired) electrons. The lowest BCUT2D eigenvalue weighted by Gasteiger charge is -2.03. The summed E-state index contributed by atoms with van der Waals surface area (Å²) in [4.78, 5) is 0. The number of hydrogen-bond acceptors (Lipinski definition) is 2. The third-order valence-electron chi connectivity index (χ3n) is 2.55. The lowest BCUT2D eigenvalue weighted by atomic mass is 10.1. The van der Waals surface area contributed by atoms with Gasteiger partial charge in [-0.2, -0.15) is 5.10 Å². The molecule has 98 valence electrons. The molecule has 0 spiro atoms. The van der Waals surface area contributed by atoms with Crippen LogP contribution < -0.4 is 5.32 Å². The molecule has 0 bridgehead atoms. The molecule has 2 aromatic rings. The molecule has 2 rings (SSSR count). The van der Waals surface area contributed by atoms with Gasteiger partial charge in [0.15, 0.2) is 0 Å². The Bertz CT molecular complexity index is 514. The molecule has 3 nitrogen and oxygen atoms in total. The summed E-state index contributed by atoms with van der Waals surface area (Å²) in [5, 5.41) is 7.06. The monoisotopic (exact) mass is 273 g/mol. The highest BCUT2D eigenvalue weighted by atomic mass is 35.5. The van der Waals surface area contributed by atoms with E-state index in [9.17, 15) is 8.78 Å². The molecule has 0 aliphatic heterocycles. The highest BCUT2D eigenvalue weighted by Crippen LogP contribution is 2.11. The van der Waals surface area contributed by atoms with Crippen LogP contribution in [0, 0.1) is 11.6 Å². The van der Waals surface area contributed by atoms with Gasteiger partial charge in [0.1, 0.15) is 11.6 Å². The van der Waals surface area contributed by atoms with E-state index < -0.39 is 11.6 Å². The van der Waals surface area contributed by atoms with Crippen LogP contribution in [0.25, 0.3) is 0 Å². The molecular formula is C12H14ClF2N3. The summed E-state index contributed by atoms with van der Waals surface area (Å²) >= 11 is 0. The van der Waals surface area contributed by atoms with Crippen LogP contribution in [0.3, 0.4) is 0 Å². The van der Waals surface area contributed by atoms with Crippen LogP contribution in [-0.4, -0.2) is 16.8 Å². The maximum atomic E-state index is 13.3. The lowest BCUT2D eigenvalue weighted by Crippen LogP contribution is -2.03. The van der Waals surface area contributed by atoms with E-state index in [4.69, 9.17) is 0 Å². The summed E-state index contributed by atoms with van der Waals surface area (Å²) in [6.45, 7) is 0.560. The topological polar surface area (TPSA) is 29.9 Å². The molecule has 1 aromatic heterocycles. The van der Waals surface area contributed by atoms with Gasteiger partial charge in [0.25, 0.3) is 0 Å². The number of aryl methyl sites for hydroxylation is 2. The fourth-order valence-corrected chi connectivity index (χ4v) is 1.57. The number of nitrogens with one attached hydrogen (secondary N) is 1. The summed E-state index contributed by atoms with van der Waals surface area (Å²) in [7, 11) is 1.81. The minimum atomic E-state index is -0.553. The second-order valence-electron chi connectivity index (χ2n) is 3.73. The largest absolute Gasteiger partial charge is 0.386 e.